The summed E-state index contributed by atoms with van der Waals surface area (Å²) in [7, 11) is 0. The fourth-order valence-electron chi connectivity index (χ4n) is 4.25. The third-order valence-corrected chi connectivity index (χ3v) is 5.92. The molecule has 2 aromatic carbocycles. The molecule has 10 nitrogen and oxygen atoms in total. The van der Waals surface area contributed by atoms with Gasteiger partial charge in [-0.15, -0.1) is 0 Å². The molecule has 4 rings (SSSR count). The highest BCUT2D eigenvalue weighted by Crippen LogP contribution is 2.32. The highest BCUT2D eigenvalue weighted by atomic mass is 16.6. The fourth-order valence-corrected chi connectivity index (χ4v) is 4.25. The summed E-state index contributed by atoms with van der Waals surface area (Å²) in [5.41, 5.74) is 0.993. The van der Waals surface area contributed by atoms with Crippen molar-refractivity contribution in [1.29, 1.82) is 0 Å². The van der Waals surface area contributed by atoms with E-state index >= 15 is 0 Å². The monoisotopic (exact) mass is 479 g/mol. The molecule has 0 radical (unpaired) electrons. The molecule has 0 unspecified atom stereocenters. The van der Waals surface area contributed by atoms with Gasteiger partial charge < -0.3 is 9.47 Å². The second kappa shape index (κ2) is 10.4. The van der Waals surface area contributed by atoms with E-state index in [9.17, 15) is 24.5 Å². The zero-order chi connectivity index (χ0) is 24.9. The molecule has 2 aliphatic rings. The van der Waals surface area contributed by atoms with Crippen LogP contribution in [0.15, 0.2) is 48.0 Å². The number of barbiturate groups is 1. The van der Waals surface area contributed by atoms with Crippen LogP contribution in [0.5, 0.6) is 11.5 Å². The molecule has 1 aliphatic heterocycles. The van der Waals surface area contributed by atoms with Crippen LogP contribution in [0.25, 0.3) is 6.08 Å². The number of rotatable bonds is 8. The van der Waals surface area contributed by atoms with Gasteiger partial charge in [0, 0.05) is 18.2 Å². The predicted octanol–water partition coefficient (Wildman–Crippen LogP) is 3.98. The number of carbonyl (C=O) groups excluding carboxylic acids is 3. The molecule has 0 atom stereocenters. The summed E-state index contributed by atoms with van der Waals surface area (Å²) in [6.07, 6.45) is 4.75. The lowest BCUT2D eigenvalue weighted by Crippen LogP contribution is -2.57. The van der Waals surface area contributed by atoms with E-state index in [-0.39, 0.29) is 23.9 Å². The molecule has 1 N–H and O–H groups in total. The number of nitro groups is 1. The van der Waals surface area contributed by atoms with Crippen molar-refractivity contribution in [1.82, 2.24) is 10.2 Å². The lowest BCUT2D eigenvalue weighted by atomic mass is 10.0. The van der Waals surface area contributed by atoms with Crippen LogP contribution in [0.4, 0.5) is 10.5 Å². The minimum Gasteiger partial charge on any atom is -0.490 e. The molecule has 0 aromatic heterocycles. The average molecular weight is 479 g/mol. The van der Waals surface area contributed by atoms with E-state index in [1.807, 2.05) is 0 Å². The molecule has 35 heavy (non-hydrogen) atoms. The van der Waals surface area contributed by atoms with Crippen LogP contribution < -0.4 is 14.8 Å². The van der Waals surface area contributed by atoms with Crippen molar-refractivity contribution in [3.8, 4) is 11.5 Å². The Bertz CT molecular complexity index is 1200. The Morgan fingerprint density at radius 1 is 1.09 bits per heavy atom. The maximum absolute atomic E-state index is 13.0. The highest BCUT2D eigenvalue weighted by molar-refractivity contribution is 6.31. The van der Waals surface area contributed by atoms with E-state index in [4.69, 9.17) is 9.47 Å². The molecule has 10 heteroatoms. The van der Waals surface area contributed by atoms with Crippen LogP contribution >= 0.6 is 0 Å². The quantitative estimate of drug-likeness (QED) is 0.262. The molecule has 1 saturated carbocycles. The van der Waals surface area contributed by atoms with Crippen LogP contribution in [0, 0.1) is 10.1 Å². The van der Waals surface area contributed by atoms with Crippen molar-refractivity contribution in [3.05, 3.63) is 69.3 Å². The minimum atomic E-state index is -0.738. The summed E-state index contributed by atoms with van der Waals surface area (Å²) < 4.78 is 11.5. The van der Waals surface area contributed by atoms with Gasteiger partial charge in [0.15, 0.2) is 11.5 Å². The average Bonchev–Trinajstić information content (AvgIpc) is 3.36. The van der Waals surface area contributed by atoms with Crippen LogP contribution in [0.1, 0.15) is 43.7 Å². The Kier molecular flexibility index (Phi) is 7.09. The first-order valence-electron chi connectivity index (χ1n) is 11.4. The summed E-state index contributed by atoms with van der Waals surface area (Å²) >= 11 is 0. The molecule has 182 valence electrons. The number of urea groups is 1. The van der Waals surface area contributed by atoms with Crippen LogP contribution in [-0.2, 0) is 16.2 Å². The third-order valence-electron chi connectivity index (χ3n) is 5.92. The number of nitrogens with zero attached hydrogens (tertiary/aromatic N) is 2. The minimum absolute atomic E-state index is 0.0290. The number of hydrogen-bond acceptors (Lipinski definition) is 7. The first-order valence-corrected chi connectivity index (χ1v) is 11.4. The van der Waals surface area contributed by atoms with Crippen molar-refractivity contribution in [2.75, 3.05) is 6.61 Å². The number of non-ortho nitro benzene ring substituents is 1. The molecule has 1 heterocycles. The number of benzene rings is 2. The van der Waals surface area contributed by atoms with Crippen LogP contribution in [-0.4, -0.2) is 40.3 Å². The second-order valence-electron chi connectivity index (χ2n) is 8.29. The number of amides is 4. The van der Waals surface area contributed by atoms with E-state index in [1.165, 1.54) is 18.2 Å². The van der Waals surface area contributed by atoms with E-state index in [0.29, 0.717) is 29.2 Å². The Morgan fingerprint density at radius 3 is 2.57 bits per heavy atom. The first kappa shape index (κ1) is 23.9. The van der Waals surface area contributed by atoms with Crippen LogP contribution in [0.2, 0.25) is 0 Å². The van der Waals surface area contributed by atoms with Gasteiger partial charge in [-0.1, -0.05) is 31.0 Å². The highest BCUT2D eigenvalue weighted by Gasteiger charge is 2.40. The van der Waals surface area contributed by atoms with Gasteiger partial charge in [-0.3, -0.25) is 29.9 Å². The number of hydrogen-bond donors (Lipinski definition) is 1. The van der Waals surface area contributed by atoms with E-state index in [2.05, 4.69) is 5.32 Å². The molecule has 1 saturated heterocycles. The zero-order valence-corrected chi connectivity index (χ0v) is 19.2. The fraction of sp³-hybridized carbons (Fsp3) is 0.320. The summed E-state index contributed by atoms with van der Waals surface area (Å²) in [5.74, 6) is -0.546. The normalized spacial score (nSPS) is 17.6. The van der Waals surface area contributed by atoms with E-state index < -0.39 is 22.8 Å². The van der Waals surface area contributed by atoms with E-state index in [1.54, 1.807) is 37.3 Å². The van der Waals surface area contributed by atoms with E-state index in [0.717, 1.165) is 30.6 Å². The number of imide groups is 2. The third kappa shape index (κ3) is 5.32. The number of carbonyl (C=O) groups is 3. The van der Waals surface area contributed by atoms with Crippen molar-refractivity contribution in [3.63, 3.8) is 0 Å². The summed E-state index contributed by atoms with van der Waals surface area (Å²) in [4.78, 5) is 49.4. The summed E-state index contributed by atoms with van der Waals surface area (Å²) in [6, 6.07) is 10.2. The largest absolute Gasteiger partial charge is 0.490 e. The zero-order valence-electron chi connectivity index (χ0n) is 19.2. The SMILES string of the molecule is CCOc1cc(/C=C2\C(=O)NC(=O)N(C3CCCC3)C2=O)ccc1OCc1cccc([N+](=O)[O-])c1. The molecule has 2 aromatic rings. The number of nitro benzene ring substituents is 1. The van der Waals surface area contributed by atoms with Gasteiger partial charge in [-0.2, -0.15) is 0 Å². The lowest BCUT2D eigenvalue weighted by Gasteiger charge is -2.31. The molecular formula is C25H25N3O7. The summed E-state index contributed by atoms with van der Waals surface area (Å²) in [6.45, 7) is 2.23. The van der Waals surface area contributed by atoms with Crippen molar-refractivity contribution < 1.29 is 28.8 Å². The van der Waals surface area contributed by atoms with Gasteiger partial charge in [0.1, 0.15) is 12.2 Å². The van der Waals surface area contributed by atoms with Crippen molar-refractivity contribution in [2.45, 2.75) is 45.3 Å². The van der Waals surface area contributed by atoms with Crippen molar-refractivity contribution in [2.24, 2.45) is 0 Å². The number of ether oxygens (including phenoxy) is 2. The lowest BCUT2D eigenvalue weighted by molar-refractivity contribution is -0.384. The van der Waals surface area contributed by atoms with Gasteiger partial charge in [-0.25, -0.2) is 4.79 Å². The first-order chi connectivity index (χ1) is 16.9. The van der Waals surface area contributed by atoms with Gasteiger partial charge >= 0.3 is 6.03 Å². The maximum Gasteiger partial charge on any atom is 0.331 e. The Balaban J connectivity index is 1.56. The van der Waals surface area contributed by atoms with Gasteiger partial charge in [0.2, 0.25) is 0 Å². The molecule has 4 amide bonds. The Morgan fingerprint density at radius 2 is 1.86 bits per heavy atom. The predicted molar refractivity (Wildman–Crippen MR) is 126 cm³/mol. The molecule has 0 bridgehead atoms. The van der Waals surface area contributed by atoms with Gasteiger partial charge in [0.25, 0.3) is 17.5 Å². The second-order valence-corrected chi connectivity index (χ2v) is 8.29. The van der Waals surface area contributed by atoms with Crippen molar-refractivity contribution >= 4 is 29.6 Å². The Hall–Kier alpha value is -4.21. The van der Waals surface area contributed by atoms with Gasteiger partial charge in [0.05, 0.1) is 11.5 Å². The smallest absolute Gasteiger partial charge is 0.331 e. The van der Waals surface area contributed by atoms with Crippen LogP contribution in [0.3, 0.4) is 0 Å². The standard InChI is InChI=1S/C25H25N3O7/c1-2-34-22-14-16(10-11-21(22)35-15-17-6-5-9-19(12-17)28(32)33)13-20-23(29)26-25(31)27(24(20)30)18-7-3-4-8-18/h5-6,9-14,18H,2-4,7-8,15H2,1H3,(H,26,29,31)/b20-13+. The topological polar surface area (TPSA) is 128 Å². The molecular weight excluding hydrogens is 454 g/mol. The maximum atomic E-state index is 13.0. The molecule has 2 fully saturated rings. The molecule has 1 aliphatic carbocycles. The summed E-state index contributed by atoms with van der Waals surface area (Å²) in [5, 5.41) is 13.3. The number of nitrogens with one attached hydrogen (secondary N) is 1. The van der Waals surface area contributed by atoms with Gasteiger partial charge in [-0.05, 0) is 49.1 Å². The molecule has 0 spiro atoms. The Labute approximate surface area is 201 Å².